The zero-order chi connectivity index (χ0) is 30.3. The molecule has 0 bridgehead atoms. The molecule has 0 radical (unpaired) electrons. The van der Waals surface area contributed by atoms with Gasteiger partial charge in [-0.1, -0.05) is 40.9 Å². The normalized spacial score (nSPS) is 16.9. The number of rotatable bonds is 7. The summed E-state index contributed by atoms with van der Waals surface area (Å²) in [6, 6.07) is 12.1. The van der Waals surface area contributed by atoms with Crippen molar-refractivity contribution in [3.05, 3.63) is 104 Å². The van der Waals surface area contributed by atoms with Gasteiger partial charge >= 0.3 is 0 Å². The van der Waals surface area contributed by atoms with E-state index in [1.54, 1.807) is 18.2 Å². The summed E-state index contributed by atoms with van der Waals surface area (Å²) in [5, 5.41) is 7.70. The summed E-state index contributed by atoms with van der Waals surface area (Å²) in [5.74, 6) is -5.87. The van der Waals surface area contributed by atoms with Gasteiger partial charge in [0, 0.05) is 22.1 Å². The van der Waals surface area contributed by atoms with Crippen LogP contribution in [0.5, 0.6) is 0 Å². The Hall–Kier alpha value is -2.99. The number of amides is 3. The summed E-state index contributed by atoms with van der Waals surface area (Å²) in [5.41, 5.74) is -0.522. The van der Waals surface area contributed by atoms with Crippen LogP contribution in [0.1, 0.15) is 35.8 Å². The van der Waals surface area contributed by atoms with Crippen molar-refractivity contribution in [3.63, 3.8) is 0 Å². The summed E-state index contributed by atoms with van der Waals surface area (Å²) in [6.07, 6.45) is 1.36. The average molecular weight is 697 g/mol. The van der Waals surface area contributed by atoms with Crippen LogP contribution < -0.4 is 16.0 Å². The molecule has 2 atom stereocenters. The minimum Gasteiger partial charge on any atom is -0.326 e. The molecule has 4 aromatic rings. The van der Waals surface area contributed by atoms with E-state index in [9.17, 15) is 18.8 Å². The summed E-state index contributed by atoms with van der Waals surface area (Å²) in [6.45, 7) is 0. The number of nitrogens with zero attached hydrogens (tertiary/aromatic N) is 1. The first-order chi connectivity index (χ1) is 19.9. The van der Waals surface area contributed by atoms with E-state index in [0.717, 1.165) is 23.7 Å². The molecular weight excluding hydrogens is 676 g/mol. The van der Waals surface area contributed by atoms with E-state index in [1.807, 2.05) is 0 Å². The number of benzene rings is 3. The molecule has 0 spiro atoms. The Balaban J connectivity index is 0.00000235. The Labute approximate surface area is 270 Å². The molecule has 3 N–H and O–H groups in total. The molecule has 7 nitrogen and oxygen atoms in total. The highest BCUT2D eigenvalue weighted by atomic mass is 35.5. The standard InChI is InChI=1S/C27H15Cl5F2N4O3S.3H2/c28-14-4-2-12(36-26(41)21-20(27(21,31)32)11-1-3-15(29)16(30)9-11)10-13(14)24(39)37-18-6-5-17(33)23(22(18)34)38-25(40)19-7-8-35-42-19;;;/h1-10,20-21H,(H,36,41)(H,37,39)(H,38,40);3*1H/t20-,21+;;;/m0.../s1. The zero-order valence-corrected chi connectivity index (χ0v) is 25.3. The zero-order valence-electron chi connectivity index (χ0n) is 20.7. The molecule has 1 aliphatic carbocycles. The highest BCUT2D eigenvalue weighted by Crippen LogP contribution is 2.65. The molecule has 1 aliphatic rings. The van der Waals surface area contributed by atoms with Crippen LogP contribution in [-0.2, 0) is 4.79 Å². The van der Waals surface area contributed by atoms with Crippen molar-refractivity contribution in [1.82, 2.24) is 4.37 Å². The maximum atomic E-state index is 15.1. The summed E-state index contributed by atoms with van der Waals surface area (Å²) in [4.78, 5) is 38.5. The molecule has 222 valence electrons. The van der Waals surface area contributed by atoms with Crippen molar-refractivity contribution >= 4 is 104 Å². The molecule has 1 aromatic heterocycles. The largest absolute Gasteiger partial charge is 0.326 e. The predicted octanol–water partition coefficient (Wildman–Crippen LogP) is 9.15. The van der Waals surface area contributed by atoms with Crippen LogP contribution in [-0.4, -0.2) is 26.4 Å². The van der Waals surface area contributed by atoms with Crippen LogP contribution in [0.2, 0.25) is 15.1 Å². The number of anilines is 3. The molecule has 0 saturated heterocycles. The third kappa shape index (κ3) is 6.06. The number of halogens is 7. The minimum absolute atomic E-state index is 0. The van der Waals surface area contributed by atoms with E-state index < -0.39 is 56.9 Å². The van der Waals surface area contributed by atoms with Crippen LogP contribution in [0, 0.1) is 17.6 Å². The minimum atomic E-state index is -1.42. The fourth-order valence-electron chi connectivity index (χ4n) is 4.23. The van der Waals surface area contributed by atoms with Gasteiger partial charge in [0.15, 0.2) is 5.82 Å². The van der Waals surface area contributed by atoms with Crippen molar-refractivity contribution in [2.75, 3.05) is 16.0 Å². The van der Waals surface area contributed by atoms with Gasteiger partial charge in [-0.25, -0.2) is 13.2 Å². The van der Waals surface area contributed by atoms with E-state index in [4.69, 9.17) is 58.0 Å². The quantitative estimate of drug-likeness (QED) is 0.168. The van der Waals surface area contributed by atoms with E-state index in [0.29, 0.717) is 10.6 Å². The molecule has 15 heteroatoms. The Kier molecular flexibility index (Phi) is 8.67. The molecule has 1 heterocycles. The third-order valence-electron chi connectivity index (χ3n) is 6.36. The highest BCUT2D eigenvalue weighted by Gasteiger charge is 2.67. The van der Waals surface area contributed by atoms with E-state index in [1.165, 1.54) is 30.5 Å². The summed E-state index contributed by atoms with van der Waals surface area (Å²) in [7, 11) is 0. The molecule has 0 unspecified atom stereocenters. The molecular formula is C27H21Cl5F2N4O3S. The predicted molar refractivity (Wildman–Crippen MR) is 168 cm³/mol. The second-order valence-corrected chi connectivity index (χ2v) is 12.6. The average Bonchev–Trinajstić information content (AvgIpc) is 3.25. The van der Waals surface area contributed by atoms with Gasteiger partial charge in [0.25, 0.3) is 11.8 Å². The lowest BCUT2D eigenvalue weighted by atomic mass is 10.1. The van der Waals surface area contributed by atoms with Gasteiger partial charge in [0.2, 0.25) is 5.91 Å². The first-order valence-electron chi connectivity index (χ1n) is 11.8. The molecule has 3 amide bonds. The van der Waals surface area contributed by atoms with Crippen molar-refractivity contribution in [1.29, 1.82) is 0 Å². The molecule has 1 fully saturated rings. The Morgan fingerprint density at radius 1 is 0.857 bits per heavy atom. The van der Waals surface area contributed by atoms with Crippen molar-refractivity contribution < 1.29 is 27.4 Å². The number of alkyl halides is 2. The maximum Gasteiger partial charge on any atom is 0.267 e. The molecule has 3 aromatic carbocycles. The van der Waals surface area contributed by atoms with Gasteiger partial charge in [-0.15, -0.1) is 23.2 Å². The number of hydrogen-bond donors (Lipinski definition) is 3. The Morgan fingerprint density at radius 3 is 2.29 bits per heavy atom. The van der Waals surface area contributed by atoms with E-state index >= 15 is 4.39 Å². The first kappa shape index (κ1) is 30.5. The molecule has 42 heavy (non-hydrogen) atoms. The number of carbonyl (C=O) groups is 3. The number of aromatic nitrogens is 1. The second kappa shape index (κ2) is 11.9. The lowest BCUT2D eigenvalue weighted by molar-refractivity contribution is -0.117. The van der Waals surface area contributed by atoms with Gasteiger partial charge in [0.05, 0.1) is 32.2 Å². The first-order valence-corrected chi connectivity index (χ1v) is 14.5. The summed E-state index contributed by atoms with van der Waals surface area (Å²) >= 11 is 31.9. The van der Waals surface area contributed by atoms with E-state index in [2.05, 4.69) is 20.3 Å². The van der Waals surface area contributed by atoms with Crippen LogP contribution in [0.3, 0.4) is 0 Å². The third-order valence-corrected chi connectivity index (χ3v) is 9.11. The van der Waals surface area contributed by atoms with Gasteiger partial charge in [0.1, 0.15) is 20.7 Å². The topological polar surface area (TPSA) is 100 Å². The molecule has 5 rings (SSSR count). The van der Waals surface area contributed by atoms with E-state index in [-0.39, 0.29) is 30.5 Å². The van der Waals surface area contributed by atoms with Crippen LogP contribution in [0.25, 0.3) is 0 Å². The lowest BCUT2D eigenvalue weighted by Crippen LogP contribution is -2.19. The fraction of sp³-hybridized carbons (Fsp3) is 0.111. The van der Waals surface area contributed by atoms with Crippen molar-refractivity contribution in [3.8, 4) is 0 Å². The van der Waals surface area contributed by atoms with Gasteiger partial charge in [-0.2, -0.15) is 0 Å². The van der Waals surface area contributed by atoms with Crippen molar-refractivity contribution in [2.45, 2.75) is 10.3 Å². The highest BCUT2D eigenvalue weighted by molar-refractivity contribution is 7.08. The van der Waals surface area contributed by atoms with Crippen LogP contribution >= 0.6 is 69.5 Å². The number of nitrogens with one attached hydrogen (secondary N) is 3. The Bertz CT molecular complexity index is 1760. The van der Waals surface area contributed by atoms with Crippen LogP contribution in [0.4, 0.5) is 25.8 Å². The molecule has 1 saturated carbocycles. The summed E-state index contributed by atoms with van der Waals surface area (Å²) < 4.78 is 31.9. The van der Waals surface area contributed by atoms with Crippen LogP contribution in [0.15, 0.2) is 60.8 Å². The van der Waals surface area contributed by atoms with Crippen molar-refractivity contribution in [2.24, 2.45) is 5.92 Å². The fourth-order valence-corrected chi connectivity index (χ4v) is 6.06. The van der Waals surface area contributed by atoms with Gasteiger partial charge in [-0.3, -0.25) is 14.4 Å². The van der Waals surface area contributed by atoms with Gasteiger partial charge < -0.3 is 16.0 Å². The number of carbonyl (C=O) groups excluding carboxylic acids is 3. The monoisotopic (exact) mass is 694 g/mol. The second-order valence-electron chi connectivity index (χ2n) is 9.06. The molecule has 0 aliphatic heterocycles. The lowest BCUT2D eigenvalue weighted by Gasteiger charge is -2.13. The maximum absolute atomic E-state index is 15.1. The van der Waals surface area contributed by atoms with Gasteiger partial charge in [-0.05, 0) is 65.6 Å². The smallest absolute Gasteiger partial charge is 0.267 e. The number of hydrogen-bond acceptors (Lipinski definition) is 5. The Morgan fingerprint density at radius 2 is 1.60 bits per heavy atom. The SMILES string of the molecule is O=C(Nc1c(F)ccc(NC(=O)c2cc(NC(=O)[C@H]3[C@H](c4ccc(Cl)c(Cl)c4)C3(Cl)Cl)ccc2Cl)c1F)c1ccns1.[HH].[HH].[HH].